The number of rotatable bonds is 6. The third kappa shape index (κ3) is 4.29. The predicted molar refractivity (Wildman–Crippen MR) is 127 cm³/mol. The van der Waals surface area contributed by atoms with E-state index in [0.29, 0.717) is 5.16 Å². The number of hydrogen-bond acceptors (Lipinski definition) is 5. The van der Waals surface area contributed by atoms with Crippen LogP contribution < -0.4 is 0 Å². The topological polar surface area (TPSA) is 86.4 Å². The Kier molecular flexibility index (Phi) is 6.33. The molecule has 3 aromatic rings. The number of fused-ring (bicyclic) bond motifs is 1. The maximum atomic E-state index is 13.4. The number of aromatic nitrogens is 2. The highest BCUT2D eigenvalue weighted by molar-refractivity contribution is 7.99. The average molecular weight is 473 g/mol. The highest BCUT2D eigenvalue weighted by Gasteiger charge is 2.47. The lowest BCUT2D eigenvalue weighted by Crippen LogP contribution is -2.49. The van der Waals surface area contributed by atoms with Gasteiger partial charge in [-0.1, -0.05) is 55.4 Å². The molecule has 0 radical (unpaired) electrons. The van der Waals surface area contributed by atoms with Gasteiger partial charge >= 0.3 is 0 Å². The first-order chi connectivity index (χ1) is 15.2. The Hall–Kier alpha value is -2.36. The normalized spacial score (nSPS) is 19.8. The molecule has 0 spiro atoms. The number of aryl methyl sites for hydroxylation is 1. The van der Waals surface area contributed by atoms with Crippen LogP contribution in [0, 0.1) is 12.8 Å². The van der Waals surface area contributed by atoms with Crippen molar-refractivity contribution in [2.24, 2.45) is 5.92 Å². The van der Waals surface area contributed by atoms with Crippen LogP contribution in [0.25, 0.3) is 11.0 Å². The van der Waals surface area contributed by atoms with E-state index >= 15 is 0 Å². The van der Waals surface area contributed by atoms with Crippen LogP contribution in [0.4, 0.5) is 0 Å². The second kappa shape index (κ2) is 8.88. The van der Waals surface area contributed by atoms with E-state index in [2.05, 4.69) is 9.97 Å². The van der Waals surface area contributed by atoms with Crippen molar-refractivity contribution in [1.82, 2.24) is 19.2 Å². The molecule has 1 aliphatic heterocycles. The number of hydrogen-bond donors (Lipinski definition) is 1. The van der Waals surface area contributed by atoms with Gasteiger partial charge in [-0.3, -0.25) is 4.79 Å². The number of carbonyl (C=O) groups excluding carboxylic acids is 1. The van der Waals surface area contributed by atoms with Crippen LogP contribution in [0.3, 0.4) is 0 Å². The number of carbonyl (C=O) groups is 1. The monoisotopic (exact) mass is 472 g/mol. The smallest absolute Gasteiger partial charge is 0.244 e. The Morgan fingerprint density at radius 2 is 1.88 bits per heavy atom. The van der Waals surface area contributed by atoms with Gasteiger partial charge in [0.05, 0.1) is 21.7 Å². The van der Waals surface area contributed by atoms with E-state index < -0.39 is 16.2 Å². The highest BCUT2D eigenvalue weighted by atomic mass is 32.2. The molecule has 2 atom stereocenters. The summed E-state index contributed by atoms with van der Waals surface area (Å²) in [6.45, 7) is 8.01. The molecule has 32 heavy (non-hydrogen) atoms. The lowest BCUT2D eigenvalue weighted by molar-refractivity contribution is -0.132. The molecule has 0 aliphatic carbocycles. The maximum Gasteiger partial charge on any atom is 0.244 e. The van der Waals surface area contributed by atoms with Gasteiger partial charge in [0.1, 0.15) is 6.17 Å². The number of amides is 1. The number of thioether (sulfide) groups is 1. The van der Waals surface area contributed by atoms with Crippen molar-refractivity contribution in [1.29, 1.82) is 0 Å². The predicted octanol–water partition coefficient (Wildman–Crippen LogP) is 3.87. The molecule has 1 aliphatic rings. The van der Waals surface area contributed by atoms with Crippen LogP contribution in [-0.2, 0) is 14.8 Å². The molecule has 2 heterocycles. The number of nitrogens with one attached hydrogen (secondary N) is 1. The number of imidazole rings is 1. The largest absolute Gasteiger partial charge is 0.333 e. The van der Waals surface area contributed by atoms with Gasteiger partial charge in [-0.25, -0.2) is 13.4 Å². The first kappa shape index (κ1) is 22.8. The van der Waals surface area contributed by atoms with Crippen molar-refractivity contribution in [2.75, 3.05) is 12.3 Å². The van der Waals surface area contributed by atoms with Crippen LogP contribution in [0.5, 0.6) is 0 Å². The van der Waals surface area contributed by atoms with Crippen LogP contribution in [0.15, 0.2) is 58.6 Å². The van der Waals surface area contributed by atoms with Gasteiger partial charge < -0.3 is 9.88 Å². The van der Waals surface area contributed by atoms with Gasteiger partial charge in [0.15, 0.2) is 5.16 Å². The molecule has 0 bridgehead atoms. The maximum absolute atomic E-state index is 13.4. The van der Waals surface area contributed by atoms with Gasteiger partial charge in [0, 0.05) is 12.6 Å². The Bertz CT molecular complexity index is 1190. The Morgan fingerprint density at radius 3 is 2.53 bits per heavy atom. The summed E-state index contributed by atoms with van der Waals surface area (Å²) in [5.41, 5.74) is 2.78. The SMILES string of the molecule is Cc1ccc(S(=O)(=O)N2C[C@H](C)N(C(=O)CSc3nc4ccccc4[nH]3)[C@H]2C(C)C)cc1. The zero-order valence-electron chi connectivity index (χ0n) is 18.6. The summed E-state index contributed by atoms with van der Waals surface area (Å²) in [7, 11) is -3.72. The Balaban J connectivity index is 1.54. The molecule has 170 valence electrons. The molecule has 1 saturated heterocycles. The standard InChI is InChI=1S/C23H28N4O3S2/c1-15(2)22-26(32(29,30)18-11-9-16(3)10-12-18)13-17(4)27(22)21(28)14-31-23-24-19-7-5-6-8-20(19)25-23/h5-12,15,17,22H,13-14H2,1-4H3,(H,24,25)/t17-,22-/m0/s1. The summed E-state index contributed by atoms with van der Waals surface area (Å²) in [5, 5.41) is 0.677. The van der Waals surface area contributed by atoms with E-state index in [1.807, 2.05) is 52.0 Å². The van der Waals surface area contributed by atoms with Gasteiger partial charge in [-0.15, -0.1) is 0 Å². The fourth-order valence-corrected chi connectivity index (χ4v) is 6.74. The van der Waals surface area contributed by atoms with Crippen molar-refractivity contribution in [3.63, 3.8) is 0 Å². The second-order valence-electron chi connectivity index (χ2n) is 8.54. The highest BCUT2D eigenvalue weighted by Crippen LogP contribution is 2.33. The molecule has 0 saturated carbocycles. The molecule has 4 rings (SSSR count). The molecule has 7 nitrogen and oxygen atoms in total. The van der Waals surface area contributed by atoms with E-state index in [1.165, 1.54) is 16.1 Å². The van der Waals surface area contributed by atoms with Crippen LogP contribution in [0.1, 0.15) is 26.3 Å². The van der Waals surface area contributed by atoms with E-state index in [-0.39, 0.29) is 35.1 Å². The van der Waals surface area contributed by atoms with E-state index in [4.69, 9.17) is 0 Å². The fraction of sp³-hybridized carbons (Fsp3) is 0.391. The molecule has 1 amide bonds. The van der Waals surface area contributed by atoms with Gasteiger partial charge in [0.2, 0.25) is 15.9 Å². The minimum Gasteiger partial charge on any atom is -0.333 e. The molecule has 1 N–H and O–H groups in total. The number of para-hydroxylation sites is 2. The second-order valence-corrected chi connectivity index (χ2v) is 11.4. The van der Waals surface area contributed by atoms with E-state index in [9.17, 15) is 13.2 Å². The lowest BCUT2D eigenvalue weighted by atomic mass is 10.1. The molecule has 1 fully saturated rings. The van der Waals surface area contributed by atoms with Crippen molar-refractivity contribution < 1.29 is 13.2 Å². The molecular formula is C23H28N4O3S2. The van der Waals surface area contributed by atoms with Gasteiger partial charge in [0.25, 0.3) is 0 Å². The number of H-pyrrole nitrogens is 1. The number of benzene rings is 2. The summed E-state index contributed by atoms with van der Waals surface area (Å²) in [6.07, 6.45) is -0.528. The average Bonchev–Trinajstić information content (AvgIpc) is 3.33. The van der Waals surface area contributed by atoms with Crippen molar-refractivity contribution in [2.45, 2.75) is 50.0 Å². The quantitative estimate of drug-likeness (QED) is 0.551. The number of aromatic amines is 1. The zero-order chi connectivity index (χ0) is 23.0. The molecule has 9 heteroatoms. The summed E-state index contributed by atoms with van der Waals surface area (Å²) in [5.74, 6) is 0.0369. The van der Waals surface area contributed by atoms with E-state index in [0.717, 1.165) is 16.6 Å². The first-order valence-electron chi connectivity index (χ1n) is 10.7. The summed E-state index contributed by atoms with van der Waals surface area (Å²) in [4.78, 5) is 23.0. The van der Waals surface area contributed by atoms with Crippen LogP contribution in [-0.4, -0.2) is 58.0 Å². The molecular weight excluding hydrogens is 444 g/mol. The lowest BCUT2D eigenvalue weighted by Gasteiger charge is -2.33. The van der Waals surface area contributed by atoms with Crippen LogP contribution >= 0.6 is 11.8 Å². The minimum absolute atomic E-state index is 0.0553. The minimum atomic E-state index is -3.72. The third-order valence-electron chi connectivity index (χ3n) is 5.71. The number of sulfonamides is 1. The zero-order valence-corrected chi connectivity index (χ0v) is 20.3. The van der Waals surface area contributed by atoms with E-state index in [1.54, 1.807) is 29.2 Å². The number of nitrogens with zero attached hydrogens (tertiary/aromatic N) is 3. The molecule has 2 aromatic carbocycles. The summed E-state index contributed by atoms with van der Waals surface area (Å²) in [6, 6.07) is 14.4. The fourth-order valence-electron chi connectivity index (χ4n) is 4.19. The molecule has 0 unspecified atom stereocenters. The Labute approximate surface area is 193 Å². The Morgan fingerprint density at radius 1 is 1.19 bits per heavy atom. The third-order valence-corrected chi connectivity index (χ3v) is 8.42. The summed E-state index contributed by atoms with van der Waals surface area (Å²) < 4.78 is 28.3. The van der Waals surface area contributed by atoms with Gasteiger partial charge in [-0.2, -0.15) is 4.31 Å². The van der Waals surface area contributed by atoms with Gasteiger partial charge in [-0.05, 0) is 44.0 Å². The first-order valence-corrected chi connectivity index (χ1v) is 13.1. The van der Waals surface area contributed by atoms with Crippen molar-refractivity contribution in [3.05, 3.63) is 54.1 Å². The van der Waals surface area contributed by atoms with Crippen LogP contribution in [0.2, 0.25) is 0 Å². The van der Waals surface area contributed by atoms with Crippen molar-refractivity contribution >= 4 is 38.7 Å². The molecule has 1 aromatic heterocycles. The van der Waals surface area contributed by atoms with Crippen molar-refractivity contribution in [3.8, 4) is 0 Å². The summed E-state index contributed by atoms with van der Waals surface area (Å²) >= 11 is 1.34.